The lowest BCUT2D eigenvalue weighted by Crippen LogP contribution is -2.13. The molecule has 30 heavy (non-hydrogen) atoms. The minimum absolute atomic E-state index is 0.176. The van der Waals surface area contributed by atoms with Gasteiger partial charge in [-0.3, -0.25) is 15.2 Å². The molecule has 152 valence electrons. The zero-order chi connectivity index (χ0) is 20.9. The lowest BCUT2D eigenvalue weighted by atomic mass is 10.1. The van der Waals surface area contributed by atoms with E-state index < -0.39 is 0 Å². The Morgan fingerprint density at radius 3 is 2.67 bits per heavy atom. The highest BCUT2D eigenvalue weighted by molar-refractivity contribution is 6.03. The van der Waals surface area contributed by atoms with Crippen molar-refractivity contribution in [1.29, 1.82) is 0 Å². The molecule has 0 radical (unpaired) electrons. The molecule has 0 bridgehead atoms. The van der Waals surface area contributed by atoms with Crippen LogP contribution in [0.25, 0.3) is 11.4 Å². The molecule has 0 saturated heterocycles. The maximum absolute atomic E-state index is 12.5. The van der Waals surface area contributed by atoms with Crippen LogP contribution in [0.2, 0.25) is 0 Å². The molecule has 1 amide bonds. The molecular weight excluding hydrogens is 384 g/mol. The molecule has 0 atom stereocenters. The second-order valence-corrected chi connectivity index (χ2v) is 6.46. The van der Waals surface area contributed by atoms with E-state index in [2.05, 4.69) is 25.5 Å². The third-order valence-electron chi connectivity index (χ3n) is 4.52. The highest BCUT2D eigenvalue weighted by Gasteiger charge is 2.14. The lowest BCUT2D eigenvalue weighted by molar-refractivity contribution is 0.102. The van der Waals surface area contributed by atoms with Gasteiger partial charge >= 0.3 is 0 Å². The number of ether oxygens (including phenoxy) is 2. The fraction of sp³-hybridized carbons (Fsp3) is 0.143. The Labute approximate surface area is 172 Å². The topological polar surface area (TPSA) is 107 Å². The van der Waals surface area contributed by atoms with Gasteiger partial charge in [-0.05, 0) is 29.8 Å². The molecule has 0 spiro atoms. The SMILES string of the molecule is COc1ccc(-c2nc(NC(=O)c3ccc(Cn4ccnc4)cc3)n[nH]2)c(OC)c1. The van der Waals surface area contributed by atoms with Crippen LogP contribution in [0, 0.1) is 0 Å². The standard InChI is InChI=1S/C21H20N6O3/c1-29-16-7-8-17(18(11-16)30-2)19-23-21(26-25-19)24-20(28)15-5-3-14(4-6-15)12-27-10-9-22-13-27/h3-11,13H,12H2,1-2H3,(H2,23,24,25,26,28). The van der Waals surface area contributed by atoms with Crippen LogP contribution in [0.3, 0.4) is 0 Å². The number of imidazole rings is 1. The van der Waals surface area contributed by atoms with E-state index in [1.807, 2.05) is 29.0 Å². The average molecular weight is 404 g/mol. The predicted molar refractivity (Wildman–Crippen MR) is 111 cm³/mol. The number of carbonyl (C=O) groups is 1. The third-order valence-corrected chi connectivity index (χ3v) is 4.52. The second kappa shape index (κ2) is 8.48. The molecule has 0 aliphatic rings. The van der Waals surface area contributed by atoms with E-state index in [-0.39, 0.29) is 11.9 Å². The molecule has 0 aliphatic heterocycles. The van der Waals surface area contributed by atoms with Gasteiger partial charge in [0.15, 0.2) is 5.82 Å². The van der Waals surface area contributed by atoms with Gasteiger partial charge in [0, 0.05) is 30.6 Å². The number of H-pyrrole nitrogens is 1. The Hall–Kier alpha value is -4.14. The first kappa shape index (κ1) is 19.2. The van der Waals surface area contributed by atoms with E-state index in [9.17, 15) is 4.79 Å². The van der Waals surface area contributed by atoms with E-state index in [4.69, 9.17) is 9.47 Å². The molecule has 2 heterocycles. The van der Waals surface area contributed by atoms with E-state index >= 15 is 0 Å². The van der Waals surface area contributed by atoms with Gasteiger partial charge in [0.25, 0.3) is 5.91 Å². The number of aromatic amines is 1. The summed E-state index contributed by atoms with van der Waals surface area (Å²) in [4.78, 5) is 20.9. The molecule has 2 aromatic heterocycles. The molecule has 0 aliphatic carbocycles. The number of nitrogens with one attached hydrogen (secondary N) is 2. The van der Waals surface area contributed by atoms with Gasteiger partial charge in [0.2, 0.25) is 5.95 Å². The van der Waals surface area contributed by atoms with Gasteiger partial charge < -0.3 is 14.0 Å². The summed E-state index contributed by atoms with van der Waals surface area (Å²) in [6.07, 6.45) is 5.37. The smallest absolute Gasteiger partial charge is 0.258 e. The highest BCUT2D eigenvalue weighted by Crippen LogP contribution is 2.31. The Kier molecular flexibility index (Phi) is 5.42. The third kappa shape index (κ3) is 4.14. The first-order valence-electron chi connectivity index (χ1n) is 9.17. The van der Waals surface area contributed by atoms with Crippen molar-refractivity contribution in [2.45, 2.75) is 6.54 Å². The van der Waals surface area contributed by atoms with Crippen molar-refractivity contribution < 1.29 is 14.3 Å². The number of nitrogens with zero attached hydrogens (tertiary/aromatic N) is 4. The van der Waals surface area contributed by atoms with Gasteiger partial charge in [0.05, 0.1) is 26.1 Å². The summed E-state index contributed by atoms with van der Waals surface area (Å²) in [5.74, 6) is 1.60. The summed E-state index contributed by atoms with van der Waals surface area (Å²) in [7, 11) is 3.15. The summed E-state index contributed by atoms with van der Waals surface area (Å²) in [5, 5.41) is 9.60. The van der Waals surface area contributed by atoms with Crippen LogP contribution in [0.4, 0.5) is 5.95 Å². The predicted octanol–water partition coefficient (Wildman–Crippen LogP) is 2.99. The van der Waals surface area contributed by atoms with Crippen molar-refractivity contribution in [3.63, 3.8) is 0 Å². The summed E-state index contributed by atoms with van der Waals surface area (Å²) in [6, 6.07) is 12.7. The van der Waals surface area contributed by atoms with Crippen LogP contribution >= 0.6 is 0 Å². The first-order valence-corrected chi connectivity index (χ1v) is 9.17. The van der Waals surface area contributed by atoms with Crippen LogP contribution < -0.4 is 14.8 Å². The Morgan fingerprint density at radius 1 is 1.13 bits per heavy atom. The molecule has 4 aromatic rings. The number of anilines is 1. The fourth-order valence-electron chi connectivity index (χ4n) is 2.96. The van der Waals surface area contributed by atoms with Gasteiger partial charge in [-0.15, -0.1) is 5.10 Å². The number of carbonyl (C=O) groups excluding carboxylic acids is 1. The molecule has 0 saturated carbocycles. The lowest BCUT2D eigenvalue weighted by Gasteiger charge is -2.07. The van der Waals surface area contributed by atoms with Gasteiger partial charge in [-0.1, -0.05) is 12.1 Å². The van der Waals surface area contributed by atoms with Gasteiger partial charge in [-0.25, -0.2) is 4.98 Å². The molecule has 0 fully saturated rings. The highest BCUT2D eigenvalue weighted by atomic mass is 16.5. The van der Waals surface area contributed by atoms with E-state index in [1.165, 1.54) is 0 Å². The summed E-state index contributed by atoms with van der Waals surface area (Å²) < 4.78 is 12.5. The summed E-state index contributed by atoms with van der Waals surface area (Å²) in [6.45, 7) is 0.690. The Bertz CT molecular complexity index is 1140. The van der Waals surface area contributed by atoms with Crippen LogP contribution in [-0.2, 0) is 6.54 Å². The van der Waals surface area contributed by atoms with Crippen LogP contribution in [0.1, 0.15) is 15.9 Å². The maximum atomic E-state index is 12.5. The van der Waals surface area contributed by atoms with Crippen molar-refractivity contribution in [1.82, 2.24) is 24.7 Å². The van der Waals surface area contributed by atoms with Crippen LogP contribution in [0.15, 0.2) is 61.2 Å². The number of amides is 1. The minimum atomic E-state index is -0.295. The van der Waals surface area contributed by atoms with Crippen molar-refractivity contribution in [3.8, 4) is 22.9 Å². The maximum Gasteiger partial charge on any atom is 0.258 e. The molecule has 9 heteroatoms. The van der Waals surface area contributed by atoms with E-state index in [1.54, 1.807) is 51.0 Å². The second-order valence-electron chi connectivity index (χ2n) is 6.46. The van der Waals surface area contributed by atoms with Crippen molar-refractivity contribution in [2.24, 2.45) is 0 Å². The van der Waals surface area contributed by atoms with Crippen LogP contribution in [-0.4, -0.2) is 44.9 Å². The number of benzene rings is 2. The number of aromatic nitrogens is 5. The monoisotopic (exact) mass is 404 g/mol. The Balaban J connectivity index is 1.45. The zero-order valence-electron chi connectivity index (χ0n) is 16.5. The molecular formula is C21H20N6O3. The summed E-state index contributed by atoms with van der Waals surface area (Å²) >= 11 is 0. The van der Waals surface area contributed by atoms with Crippen molar-refractivity contribution >= 4 is 11.9 Å². The van der Waals surface area contributed by atoms with Crippen molar-refractivity contribution in [3.05, 3.63) is 72.3 Å². The average Bonchev–Trinajstić information content (AvgIpc) is 3.46. The first-order chi connectivity index (χ1) is 14.7. The Morgan fingerprint density at radius 2 is 1.97 bits per heavy atom. The fourth-order valence-corrected chi connectivity index (χ4v) is 2.96. The molecule has 9 nitrogen and oxygen atoms in total. The number of methoxy groups -OCH3 is 2. The van der Waals surface area contributed by atoms with E-state index in [0.717, 1.165) is 5.56 Å². The molecule has 2 N–H and O–H groups in total. The van der Waals surface area contributed by atoms with Crippen molar-refractivity contribution in [2.75, 3.05) is 19.5 Å². The number of hydrogen-bond donors (Lipinski definition) is 2. The minimum Gasteiger partial charge on any atom is -0.497 e. The molecule has 0 unspecified atom stereocenters. The molecule has 4 rings (SSSR count). The number of rotatable bonds is 7. The largest absolute Gasteiger partial charge is 0.497 e. The zero-order valence-corrected chi connectivity index (χ0v) is 16.5. The van der Waals surface area contributed by atoms with Crippen LogP contribution in [0.5, 0.6) is 11.5 Å². The van der Waals surface area contributed by atoms with Gasteiger partial charge in [0.1, 0.15) is 11.5 Å². The molecule has 2 aromatic carbocycles. The van der Waals surface area contributed by atoms with Gasteiger partial charge in [-0.2, -0.15) is 4.98 Å². The van der Waals surface area contributed by atoms with E-state index in [0.29, 0.717) is 35.0 Å². The quantitative estimate of drug-likeness (QED) is 0.490. The normalized spacial score (nSPS) is 10.6. The number of hydrogen-bond acceptors (Lipinski definition) is 6. The summed E-state index contributed by atoms with van der Waals surface area (Å²) in [5.41, 5.74) is 2.28.